The van der Waals surface area contributed by atoms with E-state index in [-0.39, 0.29) is 18.9 Å². The van der Waals surface area contributed by atoms with Gasteiger partial charge in [0.25, 0.3) is 0 Å². The molecule has 9 heteroatoms. The van der Waals surface area contributed by atoms with Gasteiger partial charge in [0, 0.05) is 6.61 Å². The number of hydrogen-bond acceptors (Lipinski definition) is 7. The largest absolute Gasteiger partial charge is 0.479 e. The topological polar surface area (TPSA) is 205 Å². The van der Waals surface area contributed by atoms with Crippen LogP contribution in [0.4, 0.5) is 0 Å². The Morgan fingerprint density at radius 3 is 1.00 bits per heavy atom. The van der Waals surface area contributed by atoms with Crippen LogP contribution in [0.25, 0.3) is 0 Å². The standard InChI is InChI=1S/2C3H6O3.C2H6O.2H3N/c2*1-2(4)3(5)6;1-2-3;;/h2*2,4H,1H3,(H,5,6);3H,2H2,1H3;2*1H3. The first kappa shape index (κ1) is 29.6. The molecule has 108 valence electrons. The molecule has 0 saturated heterocycles. The Labute approximate surface area is 99.9 Å². The summed E-state index contributed by atoms with van der Waals surface area (Å²) in [6.45, 7) is 4.32. The third-order valence-electron chi connectivity index (χ3n) is 0.715. The molecule has 17 heavy (non-hydrogen) atoms. The van der Waals surface area contributed by atoms with Crippen LogP contribution in [0.15, 0.2) is 0 Å². The van der Waals surface area contributed by atoms with E-state index in [1.54, 1.807) is 6.92 Å². The average molecular weight is 260 g/mol. The first-order valence-electron chi connectivity index (χ1n) is 4.13. The van der Waals surface area contributed by atoms with Crippen LogP contribution < -0.4 is 12.3 Å². The second-order valence-corrected chi connectivity index (χ2v) is 2.34. The molecule has 2 unspecified atom stereocenters. The number of carboxylic acids is 2. The number of aliphatic carboxylic acids is 2. The van der Waals surface area contributed by atoms with E-state index in [9.17, 15) is 9.59 Å². The first-order valence-corrected chi connectivity index (χ1v) is 4.13. The van der Waals surface area contributed by atoms with E-state index in [2.05, 4.69) is 0 Å². The molecule has 0 aromatic carbocycles. The first-order chi connectivity index (χ1) is 6.70. The molecular weight excluding hydrogens is 236 g/mol. The summed E-state index contributed by atoms with van der Waals surface area (Å²) in [4.78, 5) is 18.9. The normalized spacial score (nSPS) is 10.7. The van der Waals surface area contributed by atoms with Crippen LogP contribution in [0.2, 0.25) is 0 Å². The summed E-state index contributed by atoms with van der Waals surface area (Å²) in [6.07, 6.45) is -2.46. The molecule has 0 radical (unpaired) electrons. The fourth-order valence-corrected chi connectivity index (χ4v) is 0. The van der Waals surface area contributed by atoms with E-state index in [1.807, 2.05) is 0 Å². The number of aliphatic hydroxyl groups is 3. The number of carbonyl (C=O) groups is 2. The summed E-state index contributed by atoms with van der Waals surface area (Å²) < 4.78 is 0. The minimum Gasteiger partial charge on any atom is -0.479 e. The van der Waals surface area contributed by atoms with Crippen LogP contribution >= 0.6 is 0 Å². The molecule has 0 aliphatic rings. The molecule has 0 amide bonds. The van der Waals surface area contributed by atoms with Gasteiger partial charge in [0.2, 0.25) is 0 Å². The predicted octanol–water partition coefficient (Wildman–Crippen LogP) is -0.774. The van der Waals surface area contributed by atoms with E-state index in [1.165, 1.54) is 13.8 Å². The van der Waals surface area contributed by atoms with Crippen molar-refractivity contribution in [1.82, 2.24) is 12.3 Å². The SMILES string of the molecule is CC(O)C(=O)O.CC(O)C(=O)O.CCO.N.N. The molecule has 0 fully saturated rings. The van der Waals surface area contributed by atoms with Gasteiger partial charge in [0.1, 0.15) is 12.2 Å². The second-order valence-electron chi connectivity index (χ2n) is 2.34. The number of rotatable bonds is 2. The zero-order chi connectivity index (χ0) is 13.0. The van der Waals surface area contributed by atoms with Gasteiger partial charge in [-0.15, -0.1) is 0 Å². The van der Waals surface area contributed by atoms with Crippen molar-refractivity contribution in [2.75, 3.05) is 6.61 Å². The van der Waals surface area contributed by atoms with Crippen LogP contribution in [-0.4, -0.2) is 56.3 Å². The van der Waals surface area contributed by atoms with Crippen molar-refractivity contribution in [2.45, 2.75) is 33.0 Å². The lowest BCUT2D eigenvalue weighted by atomic mass is 10.4. The molecule has 0 aromatic rings. The molecular formula is C8H24N2O7. The minimum atomic E-state index is -1.23. The fourth-order valence-electron chi connectivity index (χ4n) is 0. The van der Waals surface area contributed by atoms with Crippen LogP contribution in [0.3, 0.4) is 0 Å². The Bertz CT molecular complexity index is 155. The molecule has 11 N–H and O–H groups in total. The minimum absolute atomic E-state index is 0. The van der Waals surface area contributed by atoms with Crippen molar-refractivity contribution in [2.24, 2.45) is 0 Å². The average Bonchev–Trinajstić information content (AvgIpc) is 2.06. The number of hydrogen-bond donors (Lipinski definition) is 7. The van der Waals surface area contributed by atoms with Gasteiger partial charge in [-0.3, -0.25) is 0 Å². The molecule has 0 heterocycles. The maximum absolute atomic E-state index is 9.45. The smallest absolute Gasteiger partial charge is 0.332 e. The van der Waals surface area contributed by atoms with Crippen LogP contribution in [-0.2, 0) is 9.59 Å². The lowest BCUT2D eigenvalue weighted by Gasteiger charge is -1.89. The Balaban J connectivity index is -0.0000000421. The van der Waals surface area contributed by atoms with E-state index in [0.717, 1.165) is 0 Å². The molecule has 2 atom stereocenters. The summed E-state index contributed by atoms with van der Waals surface area (Å²) >= 11 is 0. The van der Waals surface area contributed by atoms with E-state index in [4.69, 9.17) is 25.5 Å². The highest BCUT2D eigenvalue weighted by Crippen LogP contribution is 1.73. The van der Waals surface area contributed by atoms with Gasteiger partial charge in [-0.25, -0.2) is 9.59 Å². The molecule has 0 rings (SSSR count). The Hall–Kier alpha value is -1.26. The quantitative estimate of drug-likeness (QED) is 0.332. The molecule has 0 saturated carbocycles. The summed E-state index contributed by atoms with van der Waals surface area (Å²) in [6, 6.07) is 0. The van der Waals surface area contributed by atoms with Crippen molar-refractivity contribution in [1.29, 1.82) is 0 Å². The molecule has 0 aliphatic carbocycles. The number of aliphatic hydroxyl groups excluding tert-OH is 3. The van der Waals surface area contributed by atoms with E-state index < -0.39 is 24.1 Å². The van der Waals surface area contributed by atoms with Crippen molar-refractivity contribution in [3.8, 4) is 0 Å². The predicted molar refractivity (Wildman–Crippen MR) is 61.4 cm³/mol. The molecule has 0 aromatic heterocycles. The van der Waals surface area contributed by atoms with Gasteiger partial charge in [0.05, 0.1) is 0 Å². The third-order valence-corrected chi connectivity index (χ3v) is 0.715. The Morgan fingerprint density at radius 1 is 0.941 bits per heavy atom. The van der Waals surface area contributed by atoms with Crippen LogP contribution in [0, 0.1) is 0 Å². The molecule has 9 nitrogen and oxygen atoms in total. The summed E-state index contributed by atoms with van der Waals surface area (Å²) in [7, 11) is 0. The van der Waals surface area contributed by atoms with Crippen LogP contribution in [0.1, 0.15) is 20.8 Å². The lowest BCUT2D eigenvalue weighted by Crippen LogP contribution is -2.13. The maximum atomic E-state index is 9.45. The van der Waals surface area contributed by atoms with Gasteiger partial charge >= 0.3 is 11.9 Å². The van der Waals surface area contributed by atoms with Crippen molar-refractivity contribution in [3.05, 3.63) is 0 Å². The summed E-state index contributed by atoms with van der Waals surface area (Å²) in [5.74, 6) is -2.37. The van der Waals surface area contributed by atoms with Gasteiger partial charge < -0.3 is 37.8 Å². The van der Waals surface area contributed by atoms with Crippen LogP contribution in [0.5, 0.6) is 0 Å². The zero-order valence-corrected chi connectivity index (χ0v) is 10.3. The fraction of sp³-hybridized carbons (Fsp3) is 0.750. The number of carboxylic acid groups (broad SMARTS) is 2. The van der Waals surface area contributed by atoms with Gasteiger partial charge in [-0.2, -0.15) is 0 Å². The highest BCUT2D eigenvalue weighted by atomic mass is 16.4. The third kappa shape index (κ3) is 52.7. The highest BCUT2D eigenvalue weighted by Gasteiger charge is 2.01. The maximum Gasteiger partial charge on any atom is 0.332 e. The Kier molecular flexibility index (Phi) is 35.2. The second kappa shape index (κ2) is 20.2. The highest BCUT2D eigenvalue weighted by molar-refractivity contribution is 5.71. The van der Waals surface area contributed by atoms with Crippen molar-refractivity contribution >= 4 is 11.9 Å². The van der Waals surface area contributed by atoms with E-state index >= 15 is 0 Å². The zero-order valence-electron chi connectivity index (χ0n) is 10.3. The van der Waals surface area contributed by atoms with Gasteiger partial charge in [0.15, 0.2) is 0 Å². The summed E-state index contributed by atoms with van der Waals surface area (Å²) in [5, 5.41) is 39.1. The molecule has 0 spiro atoms. The Morgan fingerprint density at radius 2 is 1.00 bits per heavy atom. The summed E-state index contributed by atoms with van der Waals surface area (Å²) in [5.41, 5.74) is 0. The van der Waals surface area contributed by atoms with E-state index in [0.29, 0.717) is 0 Å². The monoisotopic (exact) mass is 260 g/mol. The molecule has 0 aliphatic heterocycles. The van der Waals surface area contributed by atoms with Gasteiger partial charge in [-0.1, -0.05) is 0 Å². The van der Waals surface area contributed by atoms with Gasteiger partial charge in [-0.05, 0) is 20.8 Å². The van der Waals surface area contributed by atoms with Crippen molar-refractivity contribution in [3.63, 3.8) is 0 Å². The lowest BCUT2D eigenvalue weighted by molar-refractivity contribution is -0.146. The van der Waals surface area contributed by atoms with Crippen molar-refractivity contribution < 1.29 is 35.1 Å². The molecule has 0 bridgehead atoms.